The lowest BCUT2D eigenvalue weighted by atomic mass is 10.1. The largest absolute Gasteiger partial charge is 0.392 e. The van der Waals surface area contributed by atoms with Crippen LogP contribution in [0.5, 0.6) is 0 Å². The molecule has 0 radical (unpaired) electrons. The first-order chi connectivity index (χ1) is 9.04. The molecule has 1 aromatic rings. The van der Waals surface area contributed by atoms with Gasteiger partial charge in [0.1, 0.15) is 0 Å². The normalized spacial score (nSPS) is 20.3. The Morgan fingerprint density at radius 1 is 1.58 bits per heavy atom. The molecule has 1 heterocycles. The van der Waals surface area contributed by atoms with E-state index in [0.29, 0.717) is 23.8 Å². The quantitative estimate of drug-likeness (QED) is 0.892. The maximum absolute atomic E-state index is 11.9. The van der Waals surface area contributed by atoms with E-state index in [1.54, 1.807) is 6.07 Å². The van der Waals surface area contributed by atoms with Gasteiger partial charge in [-0.25, -0.2) is 0 Å². The second kappa shape index (κ2) is 6.37. The summed E-state index contributed by atoms with van der Waals surface area (Å²) in [4.78, 5) is 13.9. The summed E-state index contributed by atoms with van der Waals surface area (Å²) in [7, 11) is 0. The van der Waals surface area contributed by atoms with Gasteiger partial charge in [0.25, 0.3) is 0 Å². The van der Waals surface area contributed by atoms with Gasteiger partial charge in [0.05, 0.1) is 23.4 Å². The van der Waals surface area contributed by atoms with Crippen molar-refractivity contribution < 1.29 is 9.90 Å². The summed E-state index contributed by atoms with van der Waals surface area (Å²) in [6.07, 6.45) is 1.44. The Labute approximate surface area is 118 Å². The van der Waals surface area contributed by atoms with Crippen LogP contribution in [0.1, 0.15) is 18.4 Å². The van der Waals surface area contributed by atoms with Crippen molar-refractivity contribution in [2.75, 3.05) is 25.0 Å². The van der Waals surface area contributed by atoms with Crippen LogP contribution in [0.3, 0.4) is 0 Å². The number of aliphatic hydroxyl groups is 1. The summed E-state index contributed by atoms with van der Waals surface area (Å²) in [5.41, 5.74) is 1.69. The van der Waals surface area contributed by atoms with E-state index in [1.165, 1.54) is 0 Å². The Kier molecular flexibility index (Phi) is 4.80. The number of likely N-dealkylation sites (tertiary alicyclic amines) is 1. The highest BCUT2D eigenvalue weighted by atomic mass is 35.5. The summed E-state index contributed by atoms with van der Waals surface area (Å²) in [6.45, 7) is 3.66. The first-order valence-corrected chi connectivity index (χ1v) is 6.89. The van der Waals surface area contributed by atoms with Crippen molar-refractivity contribution in [1.29, 1.82) is 0 Å². The highest BCUT2D eigenvalue weighted by Crippen LogP contribution is 2.22. The van der Waals surface area contributed by atoms with E-state index >= 15 is 0 Å². The maximum atomic E-state index is 11.9. The van der Waals surface area contributed by atoms with Gasteiger partial charge < -0.3 is 10.4 Å². The molecule has 1 saturated heterocycles. The molecule has 1 aromatic carbocycles. The zero-order valence-electron chi connectivity index (χ0n) is 11.0. The number of hydrogen-bond acceptors (Lipinski definition) is 3. The number of amides is 1. The minimum absolute atomic E-state index is 0.0974. The standard InChI is InChI=1S/C14H19ClN2O2/c1-10-4-5-13(12(15)7-10)16-14(19)9-17-6-2-3-11(18)8-17/h4-5,7,11,18H,2-3,6,8-9H2,1H3,(H,16,19). The Morgan fingerprint density at radius 3 is 3.05 bits per heavy atom. The molecule has 4 nitrogen and oxygen atoms in total. The second-order valence-corrected chi connectivity index (χ2v) is 5.47. The highest BCUT2D eigenvalue weighted by molar-refractivity contribution is 6.33. The molecular formula is C14H19ClN2O2. The number of nitrogens with one attached hydrogen (secondary N) is 1. The predicted octanol–water partition coefficient (Wildman–Crippen LogP) is 2.04. The number of β-amino-alcohol motifs (C(OH)–C–C–N with tert-alkyl or cyclic N) is 1. The van der Waals surface area contributed by atoms with Crippen LogP contribution < -0.4 is 5.32 Å². The minimum atomic E-state index is -0.315. The number of piperidine rings is 1. The number of hydrogen-bond donors (Lipinski definition) is 2. The second-order valence-electron chi connectivity index (χ2n) is 5.06. The smallest absolute Gasteiger partial charge is 0.238 e. The first-order valence-electron chi connectivity index (χ1n) is 6.51. The highest BCUT2D eigenvalue weighted by Gasteiger charge is 2.19. The van der Waals surface area contributed by atoms with Crippen molar-refractivity contribution in [2.45, 2.75) is 25.9 Å². The van der Waals surface area contributed by atoms with E-state index in [2.05, 4.69) is 5.32 Å². The van der Waals surface area contributed by atoms with E-state index < -0.39 is 0 Å². The number of carbonyl (C=O) groups is 1. The molecule has 1 amide bonds. The molecule has 0 saturated carbocycles. The van der Waals surface area contributed by atoms with Crippen molar-refractivity contribution in [3.8, 4) is 0 Å². The van der Waals surface area contributed by atoms with Crippen LogP contribution in [0, 0.1) is 6.92 Å². The van der Waals surface area contributed by atoms with Crippen LogP contribution >= 0.6 is 11.6 Å². The van der Waals surface area contributed by atoms with Crippen LogP contribution in [0.4, 0.5) is 5.69 Å². The zero-order valence-corrected chi connectivity index (χ0v) is 11.8. The summed E-state index contributed by atoms with van der Waals surface area (Å²) in [6, 6.07) is 5.54. The molecule has 104 valence electrons. The Hall–Kier alpha value is -1.10. The summed E-state index contributed by atoms with van der Waals surface area (Å²) >= 11 is 6.07. The third-order valence-corrected chi connectivity index (χ3v) is 3.56. The van der Waals surface area contributed by atoms with Gasteiger partial charge in [0.15, 0.2) is 0 Å². The number of aryl methyl sites for hydroxylation is 1. The third-order valence-electron chi connectivity index (χ3n) is 3.25. The molecule has 0 aliphatic carbocycles. The van der Waals surface area contributed by atoms with Crippen molar-refractivity contribution >= 4 is 23.2 Å². The summed E-state index contributed by atoms with van der Waals surface area (Å²) in [5, 5.41) is 12.9. The van der Waals surface area contributed by atoms with Gasteiger partial charge in [0.2, 0.25) is 5.91 Å². The Bertz CT molecular complexity index is 465. The van der Waals surface area contributed by atoms with E-state index in [1.807, 2.05) is 24.0 Å². The van der Waals surface area contributed by atoms with Crippen molar-refractivity contribution in [2.24, 2.45) is 0 Å². The number of carbonyl (C=O) groups excluding carboxylic acids is 1. The maximum Gasteiger partial charge on any atom is 0.238 e. The number of nitrogens with zero attached hydrogens (tertiary/aromatic N) is 1. The van der Waals surface area contributed by atoms with Crippen LogP contribution in [0.2, 0.25) is 5.02 Å². The number of halogens is 1. The molecule has 0 spiro atoms. The molecule has 1 fully saturated rings. The van der Waals surface area contributed by atoms with Crippen molar-refractivity contribution in [3.05, 3.63) is 28.8 Å². The van der Waals surface area contributed by atoms with Crippen molar-refractivity contribution in [3.63, 3.8) is 0 Å². The number of benzene rings is 1. The molecule has 1 aliphatic rings. The lowest BCUT2D eigenvalue weighted by molar-refractivity contribution is -0.118. The number of aliphatic hydroxyl groups excluding tert-OH is 1. The predicted molar refractivity (Wildman–Crippen MR) is 76.5 cm³/mol. The van der Waals surface area contributed by atoms with Gasteiger partial charge in [-0.2, -0.15) is 0 Å². The molecule has 2 rings (SSSR count). The molecule has 1 atom stereocenters. The van der Waals surface area contributed by atoms with E-state index in [4.69, 9.17) is 11.6 Å². The minimum Gasteiger partial charge on any atom is -0.392 e. The molecular weight excluding hydrogens is 264 g/mol. The average molecular weight is 283 g/mol. The van der Waals surface area contributed by atoms with Gasteiger partial charge >= 0.3 is 0 Å². The Balaban J connectivity index is 1.90. The van der Waals surface area contributed by atoms with Crippen LogP contribution in [0.15, 0.2) is 18.2 Å². The lowest BCUT2D eigenvalue weighted by Gasteiger charge is -2.29. The van der Waals surface area contributed by atoms with E-state index in [0.717, 1.165) is 24.9 Å². The number of anilines is 1. The van der Waals surface area contributed by atoms with Gasteiger partial charge in [-0.05, 0) is 44.0 Å². The average Bonchev–Trinajstić information content (AvgIpc) is 2.33. The third kappa shape index (κ3) is 4.20. The van der Waals surface area contributed by atoms with Gasteiger partial charge in [-0.1, -0.05) is 17.7 Å². The van der Waals surface area contributed by atoms with Gasteiger partial charge in [-0.3, -0.25) is 9.69 Å². The monoisotopic (exact) mass is 282 g/mol. The molecule has 5 heteroatoms. The fourth-order valence-electron chi connectivity index (χ4n) is 2.29. The molecule has 2 N–H and O–H groups in total. The van der Waals surface area contributed by atoms with Crippen molar-refractivity contribution in [1.82, 2.24) is 4.90 Å². The van der Waals surface area contributed by atoms with E-state index in [-0.39, 0.29) is 12.0 Å². The molecule has 1 unspecified atom stereocenters. The zero-order chi connectivity index (χ0) is 13.8. The summed E-state index contributed by atoms with van der Waals surface area (Å²) in [5.74, 6) is -0.0974. The fourth-order valence-corrected chi connectivity index (χ4v) is 2.57. The first kappa shape index (κ1) is 14.3. The SMILES string of the molecule is Cc1ccc(NC(=O)CN2CCCC(O)C2)c(Cl)c1. The van der Waals surface area contributed by atoms with Crippen LogP contribution in [-0.4, -0.2) is 41.7 Å². The Morgan fingerprint density at radius 2 is 2.37 bits per heavy atom. The topological polar surface area (TPSA) is 52.6 Å². The fraction of sp³-hybridized carbons (Fsp3) is 0.500. The molecule has 0 aromatic heterocycles. The van der Waals surface area contributed by atoms with Gasteiger partial charge in [-0.15, -0.1) is 0 Å². The van der Waals surface area contributed by atoms with E-state index in [9.17, 15) is 9.90 Å². The summed E-state index contributed by atoms with van der Waals surface area (Å²) < 4.78 is 0. The number of rotatable bonds is 3. The molecule has 1 aliphatic heterocycles. The van der Waals surface area contributed by atoms with Gasteiger partial charge in [0, 0.05) is 6.54 Å². The van der Waals surface area contributed by atoms with Crippen LogP contribution in [-0.2, 0) is 4.79 Å². The lowest BCUT2D eigenvalue weighted by Crippen LogP contribution is -2.42. The molecule has 19 heavy (non-hydrogen) atoms. The molecule has 0 bridgehead atoms. The van der Waals surface area contributed by atoms with Crippen LogP contribution in [0.25, 0.3) is 0 Å².